The van der Waals surface area contributed by atoms with E-state index in [1.54, 1.807) is 5.01 Å². The Balaban J connectivity index is 2.57. The zero-order valence-corrected chi connectivity index (χ0v) is 12.5. The second-order valence-electron chi connectivity index (χ2n) is 5.17. The zero-order chi connectivity index (χ0) is 14.9. The van der Waals surface area contributed by atoms with Crippen molar-refractivity contribution >= 4 is 11.4 Å². The molecule has 2 aromatic carbocycles. The van der Waals surface area contributed by atoms with Crippen molar-refractivity contribution in [1.82, 2.24) is 0 Å². The summed E-state index contributed by atoms with van der Waals surface area (Å²) < 4.78 is 0. The number of anilines is 2. The molecule has 0 radical (unpaired) electrons. The van der Waals surface area contributed by atoms with Crippen LogP contribution in [0.3, 0.4) is 0 Å². The van der Waals surface area contributed by atoms with Crippen molar-refractivity contribution < 1.29 is 0 Å². The summed E-state index contributed by atoms with van der Waals surface area (Å²) in [5, 5.41) is 1.68. The molecule has 0 fully saturated rings. The van der Waals surface area contributed by atoms with Gasteiger partial charge in [-0.2, -0.15) is 0 Å². The van der Waals surface area contributed by atoms with Crippen molar-refractivity contribution in [1.29, 1.82) is 0 Å². The van der Waals surface area contributed by atoms with Crippen LogP contribution < -0.4 is 22.1 Å². The van der Waals surface area contributed by atoms with Crippen LogP contribution in [0.1, 0.15) is 16.7 Å². The van der Waals surface area contributed by atoms with E-state index in [9.17, 15) is 0 Å². The number of hydrogen-bond acceptors (Lipinski definition) is 4. The molecule has 0 heterocycles. The molecule has 0 aliphatic heterocycles. The summed E-state index contributed by atoms with van der Waals surface area (Å²) >= 11 is 0. The van der Waals surface area contributed by atoms with Gasteiger partial charge in [-0.25, -0.2) is 5.84 Å². The molecule has 0 saturated carbocycles. The zero-order valence-electron chi connectivity index (χ0n) is 12.5. The Labute approximate surface area is 120 Å². The molecule has 0 aromatic heterocycles. The van der Waals surface area contributed by atoms with Crippen LogP contribution >= 0.6 is 0 Å². The predicted molar refractivity (Wildman–Crippen MR) is 86.5 cm³/mol. The minimum atomic E-state index is 0.901. The molecule has 0 bridgehead atoms. The minimum absolute atomic E-state index is 0.901. The molecule has 20 heavy (non-hydrogen) atoms. The van der Waals surface area contributed by atoms with Crippen molar-refractivity contribution in [3.63, 3.8) is 0 Å². The number of nitrogens with one attached hydrogen (secondary N) is 1. The molecule has 0 spiro atoms. The first-order valence-electron chi connectivity index (χ1n) is 6.62. The van der Waals surface area contributed by atoms with Crippen molar-refractivity contribution in [3.05, 3.63) is 47.0 Å². The van der Waals surface area contributed by atoms with Crippen LogP contribution in [0.4, 0.5) is 11.4 Å². The molecular formula is C16H22N4. The first-order valence-corrected chi connectivity index (χ1v) is 6.62. The Morgan fingerprint density at radius 1 is 1.00 bits per heavy atom. The van der Waals surface area contributed by atoms with Crippen molar-refractivity contribution in [2.24, 2.45) is 11.7 Å². The highest BCUT2D eigenvalue weighted by molar-refractivity contribution is 5.76. The second-order valence-corrected chi connectivity index (χ2v) is 5.17. The summed E-state index contributed by atoms with van der Waals surface area (Å²) in [5.41, 5.74) is 10.7. The quantitative estimate of drug-likeness (QED) is 0.592. The predicted octanol–water partition coefficient (Wildman–Crippen LogP) is 2.87. The Hall–Kier alpha value is -2.04. The van der Waals surface area contributed by atoms with E-state index in [0.717, 1.165) is 11.4 Å². The van der Waals surface area contributed by atoms with Gasteiger partial charge in [-0.3, -0.25) is 5.84 Å². The van der Waals surface area contributed by atoms with E-state index in [0.29, 0.717) is 0 Å². The van der Waals surface area contributed by atoms with Gasteiger partial charge in [-0.1, -0.05) is 12.1 Å². The first-order chi connectivity index (χ1) is 9.45. The fraction of sp³-hybridized carbons (Fsp3) is 0.250. The van der Waals surface area contributed by atoms with E-state index >= 15 is 0 Å². The van der Waals surface area contributed by atoms with Crippen LogP contribution in [0.25, 0.3) is 11.1 Å². The van der Waals surface area contributed by atoms with E-state index in [1.807, 2.05) is 19.2 Å². The highest BCUT2D eigenvalue weighted by Crippen LogP contribution is 2.34. The van der Waals surface area contributed by atoms with Gasteiger partial charge in [0.2, 0.25) is 0 Å². The summed E-state index contributed by atoms with van der Waals surface area (Å²) in [4.78, 5) is 0. The molecule has 0 aliphatic carbocycles. The third-order valence-corrected chi connectivity index (χ3v) is 3.77. The van der Waals surface area contributed by atoms with E-state index in [1.165, 1.54) is 27.8 Å². The van der Waals surface area contributed by atoms with E-state index in [-0.39, 0.29) is 0 Å². The normalized spacial score (nSPS) is 10.5. The van der Waals surface area contributed by atoms with Crippen molar-refractivity contribution in [2.45, 2.75) is 20.8 Å². The van der Waals surface area contributed by atoms with Crippen LogP contribution in [-0.2, 0) is 0 Å². The SMILES string of the molecule is Cc1cc(-c2ccc(NN)cc2)c(C)c(C)c1N(C)N. The Morgan fingerprint density at radius 3 is 2.10 bits per heavy atom. The highest BCUT2D eigenvalue weighted by atomic mass is 15.4. The maximum atomic E-state index is 5.92. The van der Waals surface area contributed by atoms with Crippen LogP contribution in [0, 0.1) is 20.8 Å². The van der Waals surface area contributed by atoms with E-state index in [2.05, 4.69) is 44.4 Å². The Morgan fingerprint density at radius 2 is 1.60 bits per heavy atom. The highest BCUT2D eigenvalue weighted by Gasteiger charge is 2.13. The summed E-state index contributed by atoms with van der Waals surface area (Å²) in [5.74, 6) is 11.3. The molecule has 0 atom stereocenters. The fourth-order valence-corrected chi connectivity index (χ4v) is 2.66. The number of nitrogens with two attached hydrogens (primary N) is 2. The van der Waals surface area contributed by atoms with Gasteiger partial charge in [-0.05, 0) is 66.8 Å². The van der Waals surface area contributed by atoms with E-state index in [4.69, 9.17) is 11.7 Å². The lowest BCUT2D eigenvalue weighted by Gasteiger charge is -2.22. The fourth-order valence-electron chi connectivity index (χ4n) is 2.66. The van der Waals surface area contributed by atoms with E-state index < -0.39 is 0 Å². The van der Waals surface area contributed by atoms with Gasteiger partial charge >= 0.3 is 0 Å². The van der Waals surface area contributed by atoms with Gasteiger partial charge in [0.1, 0.15) is 0 Å². The molecule has 2 aromatic rings. The Kier molecular flexibility index (Phi) is 3.97. The number of nitrogens with zero attached hydrogens (tertiary/aromatic N) is 1. The summed E-state index contributed by atoms with van der Waals surface area (Å²) in [7, 11) is 1.87. The maximum Gasteiger partial charge on any atom is 0.0575 e. The summed E-state index contributed by atoms with van der Waals surface area (Å²) in [6.45, 7) is 6.33. The van der Waals surface area contributed by atoms with Crippen LogP contribution in [-0.4, -0.2) is 7.05 Å². The number of nitrogen functional groups attached to an aromatic ring is 1. The molecule has 4 heteroatoms. The molecule has 106 valence electrons. The van der Waals surface area contributed by atoms with Gasteiger partial charge in [0, 0.05) is 12.7 Å². The molecule has 2 rings (SSSR count). The molecular weight excluding hydrogens is 248 g/mol. The van der Waals surface area contributed by atoms with Gasteiger partial charge in [0.05, 0.1) is 5.69 Å². The topological polar surface area (TPSA) is 67.3 Å². The standard InChI is InChI=1S/C16H22N4/c1-10-9-15(11(2)12(3)16(10)20(4)18)13-5-7-14(19-17)8-6-13/h5-9,19H,17-18H2,1-4H3. The lowest BCUT2D eigenvalue weighted by molar-refractivity contribution is 0.993. The lowest BCUT2D eigenvalue weighted by atomic mass is 9.93. The third-order valence-electron chi connectivity index (χ3n) is 3.77. The summed E-state index contributed by atoms with van der Waals surface area (Å²) in [6.07, 6.45) is 0. The van der Waals surface area contributed by atoms with Crippen molar-refractivity contribution in [3.8, 4) is 11.1 Å². The van der Waals surface area contributed by atoms with Crippen LogP contribution in [0.2, 0.25) is 0 Å². The first kappa shape index (κ1) is 14.4. The van der Waals surface area contributed by atoms with Crippen LogP contribution in [0.15, 0.2) is 30.3 Å². The Bertz CT molecular complexity index is 615. The molecule has 0 unspecified atom stereocenters. The number of rotatable bonds is 3. The van der Waals surface area contributed by atoms with Crippen LogP contribution in [0.5, 0.6) is 0 Å². The smallest absolute Gasteiger partial charge is 0.0575 e. The lowest BCUT2D eigenvalue weighted by Crippen LogP contribution is -2.27. The number of aryl methyl sites for hydroxylation is 1. The minimum Gasteiger partial charge on any atom is -0.324 e. The summed E-state index contributed by atoms with van der Waals surface area (Å²) in [6, 6.07) is 10.3. The number of hydrazine groups is 2. The van der Waals surface area contributed by atoms with Gasteiger partial charge in [0.25, 0.3) is 0 Å². The maximum absolute atomic E-state index is 5.92. The van der Waals surface area contributed by atoms with Gasteiger partial charge in [0.15, 0.2) is 0 Å². The third kappa shape index (κ3) is 2.48. The molecule has 0 amide bonds. The van der Waals surface area contributed by atoms with Gasteiger partial charge < -0.3 is 10.4 Å². The second kappa shape index (κ2) is 5.53. The van der Waals surface area contributed by atoms with Gasteiger partial charge in [-0.15, -0.1) is 0 Å². The molecule has 4 nitrogen and oxygen atoms in total. The monoisotopic (exact) mass is 270 g/mol. The van der Waals surface area contributed by atoms with Crippen molar-refractivity contribution in [2.75, 3.05) is 17.5 Å². The average molecular weight is 270 g/mol. The molecule has 5 N–H and O–H groups in total. The number of benzene rings is 2. The largest absolute Gasteiger partial charge is 0.324 e. The molecule has 0 aliphatic rings. The molecule has 0 saturated heterocycles. The number of hydrogen-bond donors (Lipinski definition) is 3. The average Bonchev–Trinajstić information content (AvgIpc) is 2.43.